The Morgan fingerprint density at radius 3 is 2.86 bits per heavy atom. The zero-order valence-corrected chi connectivity index (χ0v) is 7.92. The van der Waals surface area contributed by atoms with Gasteiger partial charge in [0.1, 0.15) is 0 Å². The van der Waals surface area contributed by atoms with Crippen molar-refractivity contribution in [2.75, 3.05) is 6.54 Å². The first-order valence-electron chi connectivity index (χ1n) is 4.85. The molecule has 0 aromatic rings. The number of hydrazine groups is 1. The van der Waals surface area contributed by atoms with Crippen LogP contribution in [0.1, 0.15) is 19.3 Å². The molecule has 1 aliphatic carbocycles. The van der Waals surface area contributed by atoms with Crippen LogP contribution in [0.2, 0.25) is 0 Å². The van der Waals surface area contributed by atoms with Gasteiger partial charge in [0.15, 0.2) is 0 Å². The summed E-state index contributed by atoms with van der Waals surface area (Å²) in [6, 6.07) is 0.523. The summed E-state index contributed by atoms with van der Waals surface area (Å²) in [4.78, 5) is 15.2. The molecule has 1 saturated heterocycles. The number of nitrogens with zero attached hydrogens (tertiary/aromatic N) is 1. The van der Waals surface area contributed by atoms with Crippen LogP contribution in [0, 0.1) is 0 Å². The topological polar surface area (TPSA) is 91.5 Å². The van der Waals surface area contributed by atoms with E-state index < -0.39 is 0 Å². The Labute approximate surface area is 82.3 Å². The van der Waals surface area contributed by atoms with E-state index in [9.17, 15) is 4.79 Å². The Balaban J connectivity index is 1.84. The predicted molar refractivity (Wildman–Crippen MR) is 52.3 cm³/mol. The third-order valence-corrected chi connectivity index (χ3v) is 2.31. The molecule has 0 bridgehead atoms. The Hall–Kier alpha value is -1.30. The molecule has 78 valence electrons. The van der Waals surface area contributed by atoms with E-state index in [1.807, 2.05) is 0 Å². The van der Waals surface area contributed by atoms with Crippen molar-refractivity contribution in [2.45, 2.75) is 31.3 Å². The Morgan fingerprint density at radius 1 is 1.57 bits per heavy atom. The standard InChI is InChI=1S/C8H15N5O/c9-13-8(11-5-1-2-5)12-6-3-7(14)10-4-6/h5-6H,1-4,9H2,(H,10,14)(H2,11,12,13). The van der Waals surface area contributed by atoms with Gasteiger partial charge in [-0.05, 0) is 12.8 Å². The smallest absolute Gasteiger partial charge is 0.222 e. The van der Waals surface area contributed by atoms with Crippen LogP contribution in [-0.2, 0) is 4.79 Å². The van der Waals surface area contributed by atoms with Crippen molar-refractivity contribution in [3.8, 4) is 0 Å². The summed E-state index contributed by atoms with van der Waals surface area (Å²) in [6.07, 6.45) is 2.76. The number of hydrogen-bond acceptors (Lipinski definition) is 3. The molecule has 2 fully saturated rings. The summed E-state index contributed by atoms with van der Waals surface area (Å²) < 4.78 is 0. The molecule has 1 saturated carbocycles. The molecular formula is C8H15N5O. The van der Waals surface area contributed by atoms with Gasteiger partial charge in [-0.3, -0.25) is 10.2 Å². The van der Waals surface area contributed by atoms with Crippen molar-refractivity contribution in [1.82, 2.24) is 16.1 Å². The van der Waals surface area contributed by atoms with E-state index in [2.05, 4.69) is 21.1 Å². The molecule has 0 aromatic carbocycles. The molecule has 5 N–H and O–H groups in total. The van der Waals surface area contributed by atoms with Crippen LogP contribution in [0.25, 0.3) is 0 Å². The molecule has 1 unspecified atom stereocenters. The number of carbonyl (C=O) groups excluding carboxylic acids is 1. The average molecular weight is 197 g/mol. The maximum Gasteiger partial charge on any atom is 0.222 e. The van der Waals surface area contributed by atoms with Gasteiger partial charge in [-0.15, -0.1) is 0 Å². The highest BCUT2D eigenvalue weighted by Gasteiger charge is 2.24. The fourth-order valence-corrected chi connectivity index (χ4v) is 1.40. The molecule has 1 atom stereocenters. The molecule has 2 rings (SSSR count). The summed E-state index contributed by atoms with van der Waals surface area (Å²) in [6.45, 7) is 0.643. The lowest BCUT2D eigenvalue weighted by atomic mass is 10.2. The van der Waals surface area contributed by atoms with Crippen LogP contribution >= 0.6 is 0 Å². The largest absolute Gasteiger partial charge is 0.354 e. The fourth-order valence-electron chi connectivity index (χ4n) is 1.40. The monoisotopic (exact) mass is 197 g/mol. The van der Waals surface area contributed by atoms with Crippen LogP contribution in [-0.4, -0.2) is 30.5 Å². The third kappa shape index (κ3) is 2.35. The number of nitrogens with one attached hydrogen (secondary N) is 3. The summed E-state index contributed by atoms with van der Waals surface area (Å²) in [5.74, 6) is 5.98. The number of rotatable bonds is 2. The zero-order chi connectivity index (χ0) is 9.97. The van der Waals surface area contributed by atoms with E-state index in [4.69, 9.17) is 5.84 Å². The van der Waals surface area contributed by atoms with Crippen molar-refractivity contribution in [2.24, 2.45) is 10.8 Å². The van der Waals surface area contributed by atoms with E-state index in [1.165, 1.54) is 0 Å². The molecule has 1 heterocycles. The van der Waals surface area contributed by atoms with E-state index in [0.29, 0.717) is 25.0 Å². The molecule has 0 aromatic heterocycles. The van der Waals surface area contributed by atoms with Crippen molar-refractivity contribution >= 4 is 11.9 Å². The minimum atomic E-state index is 0.0743. The van der Waals surface area contributed by atoms with Crippen LogP contribution in [0.4, 0.5) is 0 Å². The van der Waals surface area contributed by atoms with Crippen molar-refractivity contribution in [3.05, 3.63) is 0 Å². The summed E-state index contributed by atoms with van der Waals surface area (Å²) in [5, 5.41) is 5.84. The van der Waals surface area contributed by atoms with Gasteiger partial charge < -0.3 is 10.6 Å². The zero-order valence-electron chi connectivity index (χ0n) is 7.92. The van der Waals surface area contributed by atoms with Crippen LogP contribution in [0.5, 0.6) is 0 Å². The van der Waals surface area contributed by atoms with Crippen molar-refractivity contribution in [3.63, 3.8) is 0 Å². The molecule has 2 aliphatic rings. The first kappa shape index (κ1) is 9.26. The predicted octanol–water partition coefficient (Wildman–Crippen LogP) is -1.55. The van der Waals surface area contributed by atoms with E-state index >= 15 is 0 Å². The van der Waals surface area contributed by atoms with Crippen molar-refractivity contribution < 1.29 is 4.79 Å². The lowest BCUT2D eigenvalue weighted by Crippen LogP contribution is -2.47. The van der Waals surface area contributed by atoms with Gasteiger partial charge in [-0.1, -0.05) is 0 Å². The summed E-state index contributed by atoms with van der Waals surface area (Å²) >= 11 is 0. The van der Waals surface area contributed by atoms with E-state index in [-0.39, 0.29) is 11.9 Å². The lowest BCUT2D eigenvalue weighted by Gasteiger charge is -2.13. The Morgan fingerprint density at radius 2 is 2.36 bits per heavy atom. The van der Waals surface area contributed by atoms with Gasteiger partial charge in [-0.25, -0.2) is 10.8 Å². The quantitative estimate of drug-likeness (QED) is 0.187. The second-order valence-corrected chi connectivity index (χ2v) is 3.70. The molecule has 6 heteroatoms. The van der Waals surface area contributed by atoms with E-state index in [0.717, 1.165) is 12.8 Å². The molecule has 14 heavy (non-hydrogen) atoms. The maximum atomic E-state index is 10.9. The number of guanidine groups is 1. The summed E-state index contributed by atoms with van der Waals surface area (Å²) in [7, 11) is 0. The molecular weight excluding hydrogens is 182 g/mol. The number of nitrogens with two attached hydrogens (primary N) is 1. The molecule has 6 nitrogen and oxygen atoms in total. The minimum absolute atomic E-state index is 0.0743. The van der Waals surface area contributed by atoms with Gasteiger partial charge in [0.25, 0.3) is 0 Å². The number of amides is 1. The highest BCUT2D eigenvalue weighted by atomic mass is 16.1. The number of hydrogen-bond donors (Lipinski definition) is 4. The van der Waals surface area contributed by atoms with Crippen LogP contribution in [0.3, 0.4) is 0 Å². The SMILES string of the molecule is NNC(=NC1CC1)NC1CNC(=O)C1. The van der Waals surface area contributed by atoms with Gasteiger partial charge in [0.2, 0.25) is 11.9 Å². The lowest BCUT2D eigenvalue weighted by molar-refractivity contribution is -0.119. The Bertz CT molecular complexity index is 260. The second-order valence-electron chi connectivity index (χ2n) is 3.70. The molecule has 0 spiro atoms. The summed E-state index contributed by atoms with van der Waals surface area (Å²) in [5.41, 5.74) is 2.51. The van der Waals surface area contributed by atoms with Gasteiger partial charge >= 0.3 is 0 Å². The minimum Gasteiger partial charge on any atom is -0.354 e. The van der Waals surface area contributed by atoms with Gasteiger partial charge in [0, 0.05) is 13.0 Å². The highest BCUT2D eigenvalue weighted by Crippen LogP contribution is 2.23. The molecule has 1 amide bonds. The second kappa shape index (κ2) is 3.83. The fraction of sp³-hybridized carbons (Fsp3) is 0.750. The maximum absolute atomic E-state index is 10.9. The van der Waals surface area contributed by atoms with Crippen LogP contribution in [0.15, 0.2) is 4.99 Å². The molecule has 0 radical (unpaired) electrons. The van der Waals surface area contributed by atoms with Crippen LogP contribution < -0.4 is 21.9 Å². The highest BCUT2D eigenvalue weighted by molar-refractivity contribution is 5.83. The third-order valence-electron chi connectivity index (χ3n) is 2.31. The first-order chi connectivity index (χ1) is 6.78. The van der Waals surface area contributed by atoms with Gasteiger partial charge in [0.05, 0.1) is 12.1 Å². The van der Waals surface area contributed by atoms with Crippen molar-refractivity contribution in [1.29, 1.82) is 0 Å². The number of carbonyl (C=O) groups is 1. The number of aliphatic imine (C=N–C) groups is 1. The normalized spacial score (nSPS) is 27.4. The average Bonchev–Trinajstić information content (AvgIpc) is 2.89. The molecule has 1 aliphatic heterocycles. The van der Waals surface area contributed by atoms with E-state index in [1.54, 1.807) is 0 Å². The van der Waals surface area contributed by atoms with Gasteiger partial charge in [-0.2, -0.15) is 0 Å². The first-order valence-corrected chi connectivity index (χ1v) is 4.85. The Kier molecular flexibility index (Phi) is 2.53.